The molecule has 1 aromatic rings. The van der Waals surface area contributed by atoms with Crippen LogP contribution in [0.4, 0.5) is 13.2 Å². The molecule has 2 aliphatic heterocycles. The van der Waals surface area contributed by atoms with Crippen LogP contribution in [-0.4, -0.2) is 47.6 Å². The number of alkyl halides is 3. The van der Waals surface area contributed by atoms with Crippen molar-refractivity contribution in [2.24, 2.45) is 5.41 Å². The van der Waals surface area contributed by atoms with E-state index in [9.17, 15) is 27.9 Å². The Bertz CT molecular complexity index is 684. The van der Waals surface area contributed by atoms with Crippen LogP contribution in [0.15, 0.2) is 24.3 Å². The molecule has 0 radical (unpaired) electrons. The SMILES string of the molecule is O=C(O)[C@H]1CC2(CCNCC2)CN1C(=O)c1ccccc1C(F)(F)F. The van der Waals surface area contributed by atoms with Gasteiger partial charge < -0.3 is 15.3 Å². The van der Waals surface area contributed by atoms with Crippen molar-refractivity contribution >= 4 is 11.9 Å². The normalized spacial score (nSPS) is 23.0. The summed E-state index contributed by atoms with van der Waals surface area (Å²) in [6.45, 7) is 1.61. The van der Waals surface area contributed by atoms with E-state index in [1.807, 2.05) is 0 Å². The van der Waals surface area contributed by atoms with Crippen LogP contribution >= 0.6 is 0 Å². The third-order valence-corrected chi connectivity index (χ3v) is 5.18. The first kappa shape index (κ1) is 17.7. The number of carboxylic acid groups (broad SMARTS) is 1. The van der Waals surface area contributed by atoms with Crippen molar-refractivity contribution in [2.75, 3.05) is 19.6 Å². The Hall–Kier alpha value is -2.09. The van der Waals surface area contributed by atoms with Crippen molar-refractivity contribution in [3.8, 4) is 0 Å². The molecule has 1 aromatic carbocycles. The number of hydrogen-bond acceptors (Lipinski definition) is 3. The zero-order chi connectivity index (χ0) is 18.2. The highest BCUT2D eigenvalue weighted by Gasteiger charge is 2.50. The summed E-state index contributed by atoms with van der Waals surface area (Å²) in [6.07, 6.45) is -2.97. The highest BCUT2D eigenvalue weighted by molar-refractivity contribution is 5.98. The Morgan fingerprint density at radius 3 is 2.44 bits per heavy atom. The average molecular weight is 356 g/mol. The third-order valence-electron chi connectivity index (χ3n) is 5.18. The fourth-order valence-corrected chi connectivity index (χ4v) is 3.88. The molecular weight excluding hydrogens is 337 g/mol. The summed E-state index contributed by atoms with van der Waals surface area (Å²) in [5.74, 6) is -2.04. The molecule has 3 rings (SSSR count). The highest BCUT2D eigenvalue weighted by Crippen LogP contribution is 2.43. The van der Waals surface area contributed by atoms with Gasteiger partial charge in [-0.3, -0.25) is 4.79 Å². The van der Waals surface area contributed by atoms with Gasteiger partial charge in [-0.25, -0.2) is 4.79 Å². The van der Waals surface area contributed by atoms with Crippen molar-refractivity contribution in [3.63, 3.8) is 0 Å². The lowest BCUT2D eigenvalue weighted by molar-refractivity contribution is -0.141. The second-order valence-corrected chi connectivity index (χ2v) is 6.78. The molecular formula is C17H19F3N2O3. The second kappa shape index (κ2) is 6.33. The van der Waals surface area contributed by atoms with E-state index in [1.54, 1.807) is 0 Å². The van der Waals surface area contributed by atoms with Crippen LogP contribution < -0.4 is 5.32 Å². The smallest absolute Gasteiger partial charge is 0.417 e. The van der Waals surface area contributed by atoms with Gasteiger partial charge in [0.25, 0.3) is 5.91 Å². The molecule has 25 heavy (non-hydrogen) atoms. The van der Waals surface area contributed by atoms with Gasteiger partial charge in [-0.05, 0) is 49.9 Å². The van der Waals surface area contributed by atoms with Gasteiger partial charge in [0.1, 0.15) is 6.04 Å². The van der Waals surface area contributed by atoms with Crippen molar-refractivity contribution in [1.29, 1.82) is 0 Å². The number of halogens is 3. The number of nitrogens with zero attached hydrogens (tertiary/aromatic N) is 1. The van der Waals surface area contributed by atoms with E-state index in [-0.39, 0.29) is 18.4 Å². The van der Waals surface area contributed by atoms with E-state index in [0.29, 0.717) is 25.9 Å². The van der Waals surface area contributed by atoms with Crippen LogP contribution in [0.5, 0.6) is 0 Å². The van der Waals surface area contributed by atoms with Gasteiger partial charge in [0.2, 0.25) is 0 Å². The number of carbonyl (C=O) groups is 2. The molecule has 2 aliphatic rings. The summed E-state index contributed by atoms with van der Waals surface area (Å²) in [6, 6.07) is 3.43. The molecule has 2 fully saturated rings. The number of hydrogen-bond donors (Lipinski definition) is 2. The summed E-state index contributed by atoms with van der Waals surface area (Å²) < 4.78 is 39.6. The zero-order valence-electron chi connectivity index (χ0n) is 13.5. The Balaban J connectivity index is 1.94. The zero-order valence-corrected chi connectivity index (χ0v) is 13.5. The van der Waals surface area contributed by atoms with Crippen molar-refractivity contribution in [1.82, 2.24) is 10.2 Å². The number of benzene rings is 1. The molecule has 0 saturated carbocycles. The lowest BCUT2D eigenvalue weighted by Crippen LogP contribution is -2.42. The lowest BCUT2D eigenvalue weighted by atomic mass is 9.77. The summed E-state index contributed by atoms with van der Waals surface area (Å²) >= 11 is 0. The van der Waals surface area contributed by atoms with E-state index in [4.69, 9.17) is 0 Å². The first-order valence-corrected chi connectivity index (χ1v) is 8.14. The molecule has 1 amide bonds. The van der Waals surface area contributed by atoms with Crippen molar-refractivity contribution < 1.29 is 27.9 Å². The van der Waals surface area contributed by atoms with Gasteiger partial charge >= 0.3 is 12.1 Å². The largest absolute Gasteiger partial charge is 0.480 e. The van der Waals surface area contributed by atoms with Crippen LogP contribution in [0, 0.1) is 5.41 Å². The van der Waals surface area contributed by atoms with Crippen LogP contribution in [0.2, 0.25) is 0 Å². The van der Waals surface area contributed by atoms with Crippen LogP contribution in [0.25, 0.3) is 0 Å². The van der Waals surface area contributed by atoms with Gasteiger partial charge in [0, 0.05) is 6.54 Å². The number of nitrogens with one attached hydrogen (secondary N) is 1. The summed E-state index contributed by atoms with van der Waals surface area (Å²) in [5, 5.41) is 12.7. The predicted molar refractivity (Wildman–Crippen MR) is 83.1 cm³/mol. The van der Waals surface area contributed by atoms with Crippen LogP contribution in [0.1, 0.15) is 35.2 Å². The van der Waals surface area contributed by atoms with E-state index < -0.39 is 35.2 Å². The Morgan fingerprint density at radius 2 is 1.84 bits per heavy atom. The monoisotopic (exact) mass is 356 g/mol. The molecule has 8 heteroatoms. The molecule has 5 nitrogen and oxygen atoms in total. The molecule has 1 atom stereocenters. The number of amides is 1. The Kier molecular flexibility index (Phi) is 4.49. The molecule has 2 N–H and O–H groups in total. The fourth-order valence-electron chi connectivity index (χ4n) is 3.88. The molecule has 2 saturated heterocycles. The minimum atomic E-state index is -4.67. The average Bonchev–Trinajstić information content (AvgIpc) is 2.93. The predicted octanol–water partition coefficient (Wildman–Crippen LogP) is 2.37. The maximum absolute atomic E-state index is 13.2. The molecule has 0 unspecified atom stereocenters. The van der Waals surface area contributed by atoms with Crippen molar-refractivity contribution in [3.05, 3.63) is 35.4 Å². The third kappa shape index (κ3) is 3.35. The van der Waals surface area contributed by atoms with E-state index >= 15 is 0 Å². The Morgan fingerprint density at radius 1 is 1.20 bits per heavy atom. The molecule has 136 valence electrons. The van der Waals surface area contributed by atoms with Gasteiger partial charge in [-0.15, -0.1) is 0 Å². The summed E-state index contributed by atoms with van der Waals surface area (Å²) in [4.78, 5) is 25.5. The minimum Gasteiger partial charge on any atom is -0.480 e. The van der Waals surface area contributed by atoms with E-state index in [0.717, 1.165) is 17.0 Å². The standard InChI is InChI=1S/C17H19F3N2O3/c18-17(19,20)12-4-2-1-3-11(12)14(23)22-10-16(5-7-21-8-6-16)9-13(22)15(24)25/h1-4,13,21H,5-10H2,(H,24,25)/t13-/m1/s1. The molecule has 1 spiro atoms. The number of carbonyl (C=O) groups excluding carboxylic acids is 1. The van der Waals surface area contributed by atoms with Gasteiger partial charge in [-0.1, -0.05) is 12.1 Å². The van der Waals surface area contributed by atoms with Gasteiger partial charge in [0.05, 0.1) is 11.1 Å². The maximum Gasteiger partial charge on any atom is 0.417 e. The molecule has 0 aliphatic carbocycles. The molecule has 2 heterocycles. The summed E-state index contributed by atoms with van der Waals surface area (Å²) in [7, 11) is 0. The summed E-state index contributed by atoms with van der Waals surface area (Å²) in [5.41, 5.74) is -1.86. The maximum atomic E-state index is 13.2. The number of aliphatic carboxylic acids is 1. The number of rotatable bonds is 2. The molecule has 0 bridgehead atoms. The highest BCUT2D eigenvalue weighted by atomic mass is 19.4. The molecule has 0 aromatic heterocycles. The second-order valence-electron chi connectivity index (χ2n) is 6.78. The first-order chi connectivity index (χ1) is 11.7. The number of likely N-dealkylation sites (tertiary alicyclic amines) is 1. The minimum absolute atomic E-state index is 0.177. The first-order valence-electron chi connectivity index (χ1n) is 8.14. The van der Waals surface area contributed by atoms with E-state index in [1.165, 1.54) is 12.1 Å². The van der Waals surface area contributed by atoms with Crippen LogP contribution in [-0.2, 0) is 11.0 Å². The van der Waals surface area contributed by atoms with E-state index in [2.05, 4.69) is 5.32 Å². The fraction of sp³-hybridized carbons (Fsp3) is 0.529. The van der Waals surface area contributed by atoms with Gasteiger partial charge in [-0.2, -0.15) is 13.2 Å². The topological polar surface area (TPSA) is 69.6 Å². The van der Waals surface area contributed by atoms with Crippen LogP contribution in [0.3, 0.4) is 0 Å². The Labute approximate surface area is 142 Å². The lowest BCUT2D eigenvalue weighted by Gasteiger charge is -2.33. The quantitative estimate of drug-likeness (QED) is 0.854. The van der Waals surface area contributed by atoms with Crippen molar-refractivity contribution in [2.45, 2.75) is 31.5 Å². The van der Waals surface area contributed by atoms with Gasteiger partial charge in [0.15, 0.2) is 0 Å². The number of piperidine rings is 1. The number of carboxylic acids is 1.